The Morgan fingerprint density at radius 3 is 2.82 bits per heavy atom. The molecule has 0 fully saturated rings. The third kappa shape index (κ3) is 2.56. The highest BCUT2D eigenvalue weighted by Crippen LogP contribution is 2.27. The summed E-state index contributed by atoms with van der Waals surface area (Å²) >= 11 is 1.62. The standard InChI is InChI=1S/C12H18N4S/c1-4-16-6-9(5-14-16)10-7-17-12(15-10)11(13)8(2)3/h5-8,11H,4,13H2,1-3H3. The molecule has 0 aromatic carbocycles. The Bertz CT molecular complexity index is 486. The molecule has 0 aliphatic carbocycles. The van der Waals surface area contributed by atoms with Crippen LogP contribution in [0.2, 0.25) is 0 Å². The average molecular weight is 250 g/mol. The van der Waals surface area contributed by atoms with Crippen molar-refractivity contribution in [3.8, 4) is 11.3 Å². The van der Waals surface area contributed by atoms with E-state index in [0.29, 0.717) is 5.92 Å². The third-order valence-corrected chi connectivity index (χ3v) is 3.72. The van der Waals surface area contributed by atoms with Crippen LogP contribution in [0.1, 0.15) is 31.8 Å². The minimum absolute atomic E-state index is 0.0231. The van der Waals surface area contributed by atoms with Crippen LogP contribution in [0.15, 0.2) is 17.8 Å². The number of nitrogens with two attached hydrogens (primary N) is 1. The summed E-state index contributed by atoms with van der Waals surface area (Å²) in [4.78, 5) is 4.59. The quantitative estimate of drug-likeness (QED) is 0.907. The van der Waals surface area contributed by atoms with E-state index in [9.17, 15) is 0 Å². The summed E-state index contributed by atoms with van der Waals surface area (Å²) < 4.78 is 1.90. The van der Waals surface area contributed by atoms with Crippen LogP contribution in [0.25, 0.3) is 11.3 Å². The predicted molar refractivity (Wildman–Crippen MR) is 70.8 cm³/mol. The first-order chi connectivity index (χ1) is 8.11. The third-order valence-electron chi connectivity index (χ3n) is 2.78. The second kappa shape index (κ2) is 4.98. The second-order valence-corrected chi connectivity index (χ2v) is 5.32. The van der Waals surface area contributed by atoms with Gasteiger partial charge in [0.15, 0.2) is 0 Å². The van der Waals surface area contributed by atoms with Crippen molar-refractivity contribution in [2.45, 2.75) is 33.4 Å². The molecule has 0 spiro atoms. The predicted octanol–water partition coefficient (Wildman–Crippen LogP) is 2.68. The first kappa shape index (κ1) is 12.3. The number of hydrogen-bond acceptors (Lipinski definition) is 4. The molecule has 2 aromatic rings. The summed E-state index contributed by atoms with van der Waals surface area (Å²) in [6.45, 7) is 7.17. The van der Waals surface area contributed by atoms with Crippen LogP contribution in [-0.4, -0.2) is 14.8 Å². The fourth-order valence-electron chi connectivity index (χ4n) is 1.53. The lowest BCUT2D eigenvalue weighted by molar-refractivity contribution is 0.512. The first-order valence-electron chi connectivity index (χ1n) is 5.85. The molecule has 2 rings (SSSR count). The molecule has 2 heterocycles. The van der Waals surface area contributed by atoms with Crippen LogP contribution in [0.3, 0.4) is 0 Å². The first-order valence-corrected chi connectivity index (χ1v) is 6.73. The maximum Gasteiger partial charge on any atom is 0.110 e. The number of rotatable bonds is 4. The van der Waals surface area contributed by atoms with Crippen LogP contribution in [-0.2, 0) is 6.54 Å². The van der Waals surface area contributed by atoms with Gasteiger partial charge in [-0.3, -0.25) is 4.68 Å². The zero-order valence-corrected chi connectivity index (χ0v) is 11.2. The number of hydrogen-bond donors (Lipinski definition) is 1. The smallest absolute Gasteiger partial charge is 0.110 e. The van der Waals surface area contributed by atoms with E-state index in [1.807, 2.05) is 17.1 Å². The Kier molecular flexibility index (Phi) is 3.59. The number of thiazole rings is 1. The van der Waals surface area contributed by atoms with Gasteiger partial charge in [0.05, 0.1) is 17.9 Å². The van der Waals surface area contributed by atoms with E-state index < -0.39 is 0 Å². The minimum atomic E-state index is 0.0231. The molecule has 1 atom stereocenters. The van der Waals surface area contributed by atoms with E-state index in [0.717, 1.165) is 22.8 Å². The van der Waals surface area contributed by atoms with Crippen molar-refractivity contribution in [2.24, 2.45) is 11.7 Å². The molecule has 0 amide bonds. The van der Waals surface area contributed by atoms with Crippen molar-refractivity contribution < 1.29 is 0 Å². The van der Waals surface area contributed by atoms with Gasteiger partial charge in [0.2, 0.25) is 0 Å². The molecule has 92 valence electrons. The van der Waals surface area contributed by atoms with Gasteiger partial charge in [-0.25, -0.2) is 4.98 Å². The molecule has 0 radical (unpaired) electrons. The van der Waals surface area contributed by atoms with Gasteiger partial charge in [0.1, 0.15) is 5.01 Å². The van der Waals surface area contributed by atoms with Gasteiger partial charge in [0.25, 0.3) is 0 Å². The lowest BCUT2D eigenvalue weighted by Crippen LogP contribution is -2.16. The fraction of sp³-hybridized carbons (Fsp3) is 0.500. The van der Waals surface area contributed by atoms with Crippen LogP contribution < -0.4 is 5.73 Å². The van der Waals surface area contributed by atoms with Crippen molar-refractivity contribution in [1.82, 2.24) is 14.8 Å². The lowest BCUT2D eigenvalue weighted by Gasteiger charge is -2.11. The van der Waals surface area contributed by atoms with Gasteiger partial charge < -0.3 is 5.73 Å². The van der Waals surface area contributed by atoms with Gasteiger partial charge in [0, 0.05) is 23.7 Å². The number of aromatic nitrogens is 3. The van der Waals surface area contributed by atoms with Crippen molar-refractivity contribution >= 4 is 11.3 Å². The van der Waals surface area contributed by atoms with Gasteiger partial charge in [-0.05, 0) is 12.8 Å². The maximum atomic E-state index is 6.09. The molecule has 5 heteroatoms. The zero-order valence-electron chi connectivity index (χ0n) is 10.4. The summed E-state index contributed by atoms with van der Waals surface area (Å²) in [5, 5.41) is 7.30. The second-order valence-electron chi connectivity index (χ2n) is 4.43. The monoisotopic (exact) mass is 250 g/mol. The molecule has 0 aliphatic heterocycles. The van der Waals surface area contributed by atoms with Gasteiger partial charge in [-0.15, -0.1) is 11.3 Å². The Morgan fingerprint density at radius 1 is 1.47 bits per heavy atom. The van der Waals surface area contributed by atoms with E-state index in [-0.39, 0.29) is 6.04 Å². The van der Waals surface area contributed by atoms with Crippen LogP contribution in [0, 0.1) is 5.92 Å². The minimum Gasteiger partial charge on any atom is -0.322 e. The van der Waals surface area contributed by atoms with Crippen molar-refractivity contribution in [2.75, 3.05) is 0 Å². The number of aryl methyl sites for hydroxylation is 1. The Balaban J connectivity index is 2.23. The highest BCUT2D eigenvalue weighted by Gasteiger charge is 2.15. The summed E-state index contributed by atoms with van der Waals surface area (Å²) in [7, 11) is 0. The van der Waals surface area contributed by atoms with E-state index in [4.69, 9.17) is 5.73 Å². The highest BCUT2D eigenvalue weighted by atomic mass is 32.1. The molecule has 0 saturated carbocycles. The van der Waals surface area contributed by atoms with Crippen LogP contribution in [0.5, 0.6) is 0 Å². The van der Waals surface area contributed by atoms with Crippen molar-refractivity contribution in [1.29, 1.82) is 0 Å². The Morgan fingerprint density at radius 2 is 2.24 bits per heavy atom. The number of nitrogens with zero attached hydrogens (tertiary/aromatic N) is 3. The fourth-order valence-corrected chi connectivity index (χ4v) is 2.53. The van der Waals surface area contributed by atoms with E-state index in [1.54, 1.807) is 11.3 Å². The molecule has 0 saturated heterocycles. The van der Waals surface area contributed by atoms with Crippen molar-refractivity contribution in [3.63, 3.8) is 0 Å². The van der Waals surface area contributed by atoms with Crippen LogP contribution in [0.4, 0.5) is 0 Å². The average Bonchev–Trinajstić information content (AvgIpc) is 2.96. The Labute approximate surface area is 105 Å². The molecule has 4 nitrogen and oxygen atoms in total. The lowest BCUT2D eigenvalue weighted by atomic mass is 10.1. The zero-order chi connectivity index (χ0) is 12.4. The normalized spacial score (nSPS) is 13.2. The van der Waals surface area contributed by atoms with Gasteiger partial charge in [-0.1, -0.05) is 13.8 Å². The highest BCUT2D eigenvalue weighted by molar-refractivity contribution is 7.10. The summed E-state index contributed by atoms with van der Waals surface area (Å²) in [5.41, 5.74) is 8.12. The molecule has 2 N–H and O–H groups in total. The summed E-state index contributed by atoms with van der Waals surface area (Å²) in [6, 6.07) is 0.0231. The Hall–Kier alpha value is -1.20. The summed E-state index contributed by atoms with van der Waals surface area (Å²) in [5.74, 6) is 0.410. The van der Waals surface area contributed by atoms with E-state index in [1.165, 1.54) is 0 Å². The summed E-state index contributed by atoms with van der Waals surface area (Å²) in [6.07, 6.45) is 3.86. The molecule has 1 unspecified atom stereocenters. The van der Waals surface area contributed by atoms with Gasteiger partial charge >= 0.3 is 0 Å². The van der Waals surface area contributed by atoms with Crippen molar-refractivity contribution in [3.05, 3.63) is 22.8 Å². The van der Waals surface area contributed by atoms with E-state index in [2.05, 4.69) is 36.2 Å². The molecule has 2 aromatic heterocycles. The van der Waals surface area contributed by atoms with Crippen LogP contribution >= 0.6 is 11.3 Å². The largest absolute Gasteiger partial charge is 0.322 e. The van der Waals surface area contributed by atoms with E-state index >= 15 is 0 Å². The maximum absolute atomic E-state index is 6.09. The molecular weight excluding hydrogens is 232 g/mol. The molecule has 0 aliphatic rings. The molecular formula is C12H18N4S. The molecule has 0 bridgehead atoms. The SMILES string of the molecule is CCn1cc(-c2csc(C(N)C(C)C)n2)cn1. The topological polar surface area (TPSA) is 56.7 Å². The molecule has 17 heavy (non-hydrogen) atoms. The van der Waals surface area contributed by atoms with Gasteiger partial charge in [-0.2, -0.15) is 5.10 Å².